The fourth-order valence-electron chi connectivity index (χ4n) is 2.63. The van der Waals surface area contributed by atoms with Crippen molar-refractivity contribution in [3.8, 4) is 6.07 Å². The van der Waals surface area contributed by atoms with Crippen LogP contribution >= 0.6 is 0 Å². The summed E-state index contributed by atoms with van der Waals surface area (Å²) < 4.78 is 0. The molecule has 1 aromatic heterocycles. The highest BCUT2D eigenvalue weighted by atomic mass is 16.6. The summed E-state index contributed by atoms with van der Waals surface area (Å²) in [5.74, 6) is 0. The number of nitrogens with one attached hydrogen (secondary N) is 2. The highest BCUT2D eigenvalue weighted by Gasteiger charge is 2.23. The molecule has 1 aromatic carbocycles. The van der Waals surface area contributed by atoms with Gasteiger partial charge in [-0.15, -0.1) is 0 Å². The maximum Gasteiger partial charge on any atom is 0.293 e. The molecule has 0 aliphatic heterocycles. The molecule has 1 atom stereocenters. The predicted octanol–water partition coefficient (Wildman–Crippen LogP) is 2.16. The lowest BCUT2D eigenvalue weighted by atomic mass is 9.93. The molecule has 7 heteroatoms. The fraction of sp³-hybridized carbons (Fsp3) is 0.286. The van der Waals surface area contributed by atoms with Crippen LogP contribution < -0.4 is 5.32 Å². The van der Waals surface area contributed by atoms with Crippen LogP contribution in [-0.2, 0) is 12.8 Å². The number of fused-ring (bicyclic) bond motifs is 1. The third kappa shape index (κ3) is 2.56. The SMILES string of the molecule is N#Cc1ccc(N[C@H]2CCc3[nH]ncc3C2)c([N+](=O)[O-])c1. The second-order valence-corrected chi connectivity index (χ2v) is 5.06. The molecule has 0 radical (unpaired) electrons. The first kappa shape index (κ1) is 13.1. The Morgan fingerprint density at radius 1 is 1.52 bits per heavy atom. The summed E-state index contributed by atoms with van der Waals surface area (Å²) >= 11 is 0. The van der Waals surface area contributed by atoms with Crippen molar-refractivity contribution in [2.45, 2.75) is 25.3 Å². The van der Waals surface area contributed by atoms with Crippen molar-refractivity contribution < 1.29 is 4.92 Å². The summed E-state index contributed by atoms with van der Waals surface area (Å²) in [4.78, 5) is 10.7. The van der Waals surface area contributed by atoms with Gasteiger partial charge in [0.2, 0.25) is 0 Å². The molecule has 2 N–H and O–H groups in total. The molecule has 0 bridgehead atoms. The van der Waals surface area contributed by atoms with Gasteiger partial charge in [0, 0.05) is 17.8 Å². The van der Waals surface area contributed by atoms with E-state index in [9.17, 15) is 10.1 Å². The number of hydrogen-bond donors (Lipinski definition) is 2. The zero-order valence-corrected chi connectivity index (χ0v) is 11.2. The van der Waals surface area contributed by atoms with Crippen LogP contribution in [0.15, 0.2) is 24.4 Å². The molecule has 0 saturated heterocycles. The van der Waals surface area contributed by atoms with Crippen molar-refractivity contribution >= 4 is 11.4 Å². The van der Waals surface area contributed by atoms with Crippen LogP contribution in [0, 0.1) is 21.4 Å². The average Bonchev–Trinajstić information content (AvgIpc) is 2.95. The van der Waals surface area contributed by atoms with E-state index in [0.29, 0.717) is 5.69 Å². The molecule has 0 spiro atoms. The van der Waals surface area contributed by atoms with E-state index < -0.39 is 4.92 Å². The molecular weight excluding hydrogens is 270 g/mol. The zero-order valence-electron chi connectivity index (χ0n) is 11.2. The summed E-state index contributed by atoms with van der Waals surface area (Å²) in [7, 11) is 0. The minimum Gasteiger partial charge on any atom is -0.376 e. The lowest BCUT2D eigenvalue weighted by Gasteiger charge is -2.23. The molecule has 1 aliphatic carbocycles. The highest BCUT2D eigenvalue weighted by molar-refractivity contribution is 5.64. The Morgan fingerprint density at radius 3 is 3.14 bits per heavy atom. The van der Waals surface area contributed by atoms with Crippen molar-refractivity contribution in [2.24, 2.45) is 0 Å². The number of nitrogens with zero attached hydrogens (tertiary/aromatic N) is 3. The number of nitro groups is 1. The molecule has 0 amide bonds. The quantitative estimate of drug-likeness (QED) is 0.663. The van der Waals surface area contributed by atoms with Crippen LogP contribution in [0.2, 0.25) is 0 Å². The number of nitro benzene ring substituents is 1. The maximum atomic E-state index is 11.1. The average molecular weight is 283 g/mol. The summed E-state index contributed by atoms with van der Waals surface area (Å²) in [5.41, 5.74) is 2.97. The van der Waals surface area contributed by atoms with E-state index in [4.69, 9.17) is 5.26 Å². The van der Waals surface area contributed by atoms with Gasteiger partial charge < -0.3 is 5.32 Å². The number of benzene rings is 1. The number of anilines is 1. The molecule has 0 saturated carbocycles. The highest BCUT2D eigenvalue weighted by Crippen LogP contribution is 2.29. The number of hydrogen-bond acceptors (Lipinski definition) is 5. The second-order valence-electron chi connectivity index (χ2n) is 5.06. The van der Waals surface area contributed by atoms with Crippen LogP contribution in [0.4, 0.5) is 11.4 Å². The van der Waals surface area contributed by atoms with Gasteiger partial charge in [0.05, 0.1) is 22.8 Å². The van der Waals surface area contributed by atoms with Crippen molar-refractivity contribution in [3.05, 3.63) is 51.3 Å². The van der Waals surface area contributed by atoms with Crippen LogP contribution in [0.25, 0.3) is 0 Å². The van der Waals surface area contributed by atoms with E-state index in [-0.39, 0.29) is 17.3 Å². The van der Waals surface area contributed by atoms with E-state index in [1.54, 1.807) is 18.3 Å². The van der Waals surface area contributed by atoms with E-state index in [0.717, 1.165) is 30.5 Å². The van der Waals surface area contributed by atoms with Crippen LogP contribution in [0.1, 0.15) is 23.2 Å². The van der Waals surface area contributed by atoms with Crippen molar-refractivity contribution in [3.63, 3.8) is 0 Å². The van der Waals surface area contributed by atoms with Gasteiger partial charge in [0.1, 0.15) is 5.69 Å². The Morgan fingerprint density at radius 2 is 2.38 bits per heavy atom. The summed E-state index contributed by atoms with van der Waals surface area (Å²) in [6, 6.07) is 6.53. The van der Waals surface area contributed by atoms with Crippen molar-refractivity contribution in [1.82, 2.24) is 10.2 Å². The van der Waals surface area contributed by atoms with E-state index in [1.165, 1.54) is 6.07 Å². The van der Waals surface area contributed by atoms with Gasteiger partial charge >= 0.3 is 0 Å². The smallest absolute Gasteiger partial charge is 0.293 e. The normalized spacial score (nSPS) is 16.8. The van der Waals surface area contributed by atoms with Crippen LogP contribution in [0.3, 0.4) is 0 Å². The number of aromatic amines is 1. The third-order valence-corrected chi connectivity index (χ3v) is 3.70. The molecule has 1 heterocycles. The number of rotatable bonds is 3. The summed E-state index contributed by atoms with van der Waals surface area (Å²) in [6.07, 6.45) is 4.34. The Balaban J connectivity index is 1.83. The summed E-state index contributed by atoms with van der Waals surface area (Å²) in [6.45, 7) is 0. The topological polar surface area (TPSA) is 108 Å². The van der Waals surface area contributed by atoms with Crippen molar-refractivity contribution in [2.75, 3.05) is 5.32 Å². The molecule has 21 heavy (non-hydrogen) atoms. The molecule has 3 rings (SSSR count). The molecule has 106 valence electrons. The second kappa shape index (κ2) is 5.25. The number of nitriles is 1. The minimum absolute atomic E-state index is 0.0629. The standard InChI is InChI=1S/C14H13N5O2/c15-7-9-1-3-13(14(5-9)19(20)21)17-11-2-4-12-10(6-11)8-16-18-12/h1,3,5,8,11,17H,2,4,6H2,(H,16,18)/t11-/m0/s1. The van der Waals surface area contributed by atoms with Gasteiger partial charge in [-0.05, 0) is 37.0 Å². The van der Waals surface area contributed by atoms with Crippen molar-refractivity contribution in [1.29, 1.82) is 5.26 Å². The largest absolute Gasteiger partial charge is 0.376 e. The molecule has 7 nitrogen and oxygen atoms in total. The molecule has 2 aromatic rings. The first-order chi connectivity index (χ1) is 10.2. The first-order valence-electron chi connectivity index (χ1n) is 6.63. The Bertz CT molecular complexity index is 731. The van der Waals surface area contributed by atoms with E-state index >= 15 is 0 Å². The maximum absolute atomic E-state index is 11.1. The summed E-state index contributed by atoms with van der Waals surface area (Å²) in [5, 5.41) is 30.2. The minimum atomic E-state index is -0.463. The number of aromatic nitrogens is 2. The predicted molar refractivity (Wildman–Crippen MR) is 75.8 cm³/mol. The molecular formula is C14H13N5O2. The molecule has 0 fully saturated rings. The Hall–Kier alpha value is -2.88. The Labute approximate surface area is 120 Å². The van der Waals surface area contributed by atoms with Gasteiger partial charge in [0.15, 0.2) is 0 Å². The Kier molecular flexibility index (Phi) is 3.28. The molecule has 1 aliphatic rings. The number of aryl methyl sites for hydroxylation is 1. The van der Waals surface area contributed by atoms with Gasteiger partial charge in [0.25, 0.3) is 5.69 Å². The van der Waals surface area contributed by atoms with Gasteiger partial charge in [-0.25, -0.2) is 0 Å². The number of H-pyrrole nitrogens is 1. The third-order valence-electron chi connectivity index (χ3n) is 3.70. The zero-order chi connectivity index (χ0) is 14.8. The van der Waals surface area contributed by atoms with Crippen LogP contribution in [0.5, 0.6) is 0 Å². The lowest BCUT2D eigenvalue weighted by molar-refractivity contribution is -0.384. The lowest BCUT2D eigenvalue weighted by Crippen LogP contribution is -2.27. The monoisotopic (exact) mass is 283 g/mol. The first-order valence-corrected chi connectivity index (χ1v) is 6.63. The fourth-order valence-corrected chi connectivity index (χ4v) is 2.63. The van der Waals surface area contributed by atoms with Crippen LogP contribution in [-0.4, -0.2) is 21.2 Å². The van der Waals surface area contributed by atoms with Gasteiger partial charge in [-0.3, -0.25) is 15.2 Å². The van der Waals surface area contributed by atoms with Gasteiger partial charge in [-0.2, -0.15) is 10.4 Å². The molecule has 0 unspecified atom stereocenters. The van der Waals surface area contributed by atoms with Gasteiger partial charge in [-0.1, -0.05) is 0 Å². The van der Waals surface area contributed by atoms with E-state index in [2.05, 4.69) is 15.5 Å². The van der Waals surface area contributed by atoms with E-state index in [1.807, 2.05) is 6.07 Å².